The first-order valence-electron chi connectivity index (χ1n) is 4.53. The van der Waals surface area contributed by atoms with Gasteiger partial charge < -0.3 is 14.2 Å². The van der Waals surface area contributed by atoms with E-state index in [0.29, 0.717) is 6.61 Å². The molecule has 1 aromatic rings. The molecule has 0 saturated heterocycles. The van der Waals surface area contributed by atoms with Crippen molar-refractivity contribution in [2.45, 2.75) is 6.10 Å². The Morgan fingerprint density at radius 2 is 1.79 bits per heavy atom. The summed E-state index contributed by atoms with van der Waals surface area (Å²) < 4.78 is 15.4. The molecule has 0 aliphatic rings. The highest BCUT2D eigenvalue weighted by Crippen LogP contribution is 2.16. The minimum Gasteiger partial charge on any atom is -0.382 e. The van der Waals surface area contributed by atoms with E-state index < -0.39 is 0 Å². The Bertz CT molecular complexity index is 236. The molecule has 0 saturated carbocycles. The van der Waals surface area contributed by atoms with Crippen LogP contribution in [0.3, 0.4) is 0 Å². The fourth-order valence-corrected chi connectivity index (χ4v) is 1.21. The van der Waals surface area contributed by atoms with Gasteiger partial charge in [0.05, 0.1) is 6.61 Å². The molecular weight excluding hydrogens is 180 g/mol. The molecule has 1 aromatic carbocycles. The second-order valence-corrected chi connectivity index (χ2v) is 2.93. The van der Waals surface area contributed by atoms with E-state index in [1.165, 1.54) is 0 Å². The Labute approximate surface area is 84.6 Å². The minimum absolute atomic E-state index is 0.0545. The molecule has 0 N–H and O–H groups in total. The van der Waals surface area contributed by atoms with Gasteiger partial charge in [0.25, 0.3) is 0 Å². The first-order valence-corrected chi connectivity index (χ1v) is 4.53. The van der Waals surface area contributed by atoms with Crippen LogP contribution in [-0.2, 0) is 14.2 Å². The smallest absolute Gasteiger partial charge is 0.147 e. The average Bonchev–Trinajstić information content (AvgIpc) is 2.25. The lowest BCUT2D eigenvalue weighted by Crippen LogP contribution is -2.12. The maximum absolute atomic E-state index is 5.47. The van der Waals surface area contributed by atoms with Crippen LogP contribution in [0, 0.1) is 0 Å². The van der Waals surface area contributed by atoms with Crippen LogP contribution in [0.5, 0.6) is 0 Å². The van der Waals surface area contributed by atoms with E-state index in [1.807, 2.05) is 30.3 Å². The molecule has 3 nitrogen and oxygen atoms in total. The number of ether oxygens (including phenoxy) is 3. The second-order valence-electron chi connectivity index (χ2n) is 2.93. The predicted octanol–water partition coefficient (Wildman–Crippen LogP) is 1.99. The van der Waals surface area contributed by atoms with Crippen molar-refractivity contribution in [3.8, 4) is 0 Å². The fraction of sp³-hybridized carbons (Fsp3) is 0.455. The molecule has 14 heavy (non-hydrogen) atoms. The van der Waals surface area contributed by atoms with Gasteiger partial charge in [-0.2, -0.15) is 0 Å². The third-order valence-electron chi connectivity index (χ3n) is 1.88. The fourth-order valence-electron chi connectivity index (χ4n) is 1.21. The van der Waals surface area contributed by atoms with E-state index in [-0.39, 0.29) is 12.9 Å². The van der Waals surface area contributed by atoms with Crippen LogP contribution in [0.2, 0.25) is 0 Å². The summed E-state index contributed by atoms with van der Waals surface area (Å²) >= 11 is 0. The Morgan fingerprint density at radius 3 is 2.36 bits per heavy atom. The van der Waals surface area contributed by atoms with Gasteiger partial charge in [0.1, 0.15) is 12.9 Å². The molecule has 0 amide bonds. The van der Waals surface area contributed by atoms with Gasteiger partial charge in [0.15, 0.2) is 0 Å². The zero-order chi connectivity index (χ0) is 10.2. The molecule has 0 radical (unpaired) electrons. The van der Waals surface area contributed by atoms with Crippen LogP contribution >= 0.6 is 0 Å². The largest absolute Gasteiger partial charge is 0.382 e. The molecule has 1 rings (SSSR count). The van der Waals surface area contributed by atoms with Gasteiger partial charge in [-0.25, -0.2) is 0 Å². The van der Waals surface area contributed by atoms with Gasteiger partial charge in [-0.15, -0.1) is 0 Å². The van der Waals surface area contributed by atoms with Gasteiger partial charge in [-0.3, -0.25) is 0 Å². The van der Waals surface area contributed by atoms with Gasteiger partial charge in [0, 0.05) is 14.2 Å². The lowest BCUT2D eigenvalue weighted by molar-refractivity contribution is -0.0938. The van der Waals surface area contributed by atoms with Crippen LogP contribution in [0.15, 0.2) is 30.3 Å². The molecule has 0 aliphatic carbocycles. The van der Waals surface area contributed by atoms with E-state index in [4.69, 9.17) is 14.2 Å². The Kier molecular flexibility index (Phi) is 5.22. The van der Waals surface area contributed by atoms with Crippen molar-refractivity contribution in [1.29, 1.82) is 0 Å². The average molecular weight is 196 g/mol. The standard InChI is InChI=1S/C11H16O3/c1-12-8-11(14-9-13-2)10-6-4-3-5-7-10/h3-7,11H,8-9H2,1-2H3/t11-/m0/s1. The summed E-state index contributed by atoms with van der Waals surface area (Å²) in [6.45, 7) is 0.816. The molecule has 0 heterocycles. The molecule has 0 aromatic heterocycles. The number of hydrogen-bond acceptors (Lipinski definition) is 3. The van der Waals surface area contributed by atoms with Gasteiger partial charge in [-0.05, 0) is 5.56 Å². The Morgan fingerprint density at radius 1 is 1.07 bits per heavy atom. The normalized spacial score (nSPS) is 12.7. The van der Waals surface area contributed by atoms with Crippen LogP contribution < -0.4 is 0 Å². The van der Waals surface area contributed by atoms with Crippen LogP contribution in [0.25, 0.3) is 0 Å². The minimum atomic E-state index is -0.0545. The zero-order valence-corrected chi connectivity index (χ0v) is 8.60. The van der Waals surface area contributed by atoms with E-state index in [1.54, 1.807) is 14.2 Å². The number of methoxy groups -OCH3 is 2. The summed E-state index contributed by atoms with van der Waals surface area (Å²) in [5.74, 6) is 0. The van der Waals surface area contributed by atoms with Gasteiger partial charge in [-0.1, -0.05) is 30.3 Å². The second kappa shape index (κ2) is 6.54. The number of rotatable bonds is 6. The first-order chi connectivity index (χ1) is 6.88. The van der Waals surface area contributed by atoms with Crippen molar-refractivity contribution in [1.82, 2.24) is 0 Å². The van der Waals surface area contributed by atoms with Gasteiger partial charge >= 0.3 is 0 Å². The number of hydrogen-bond donors (Lipinski definition) is 0. The molecular formula is C11H16O3. The maximum atomic E-state index is 5.47. The molecule has 0 spiro atoms. The van der Waals surface area contributed by atoms with Crippen molar-refractivity contribution in [2.75, 3.05) is 27.6 Å². The quantitative estimate of drug-likeness (QED) is 0.651. The summed E-state index contributed by atoms with van der Waals surface area (Å²) in [6.07, 6.45) is -0.0545. The predicted molar refractivity (Wildman–Crippen MR) is 54.0 cm³/mol. The Hall–Kier alpha value is -0.900. The van der Waals surface area contributed by atoms with Crippen molar-refractivity contribution in [3.05, 3.63) is 35.9 Å². The molecule has 0 aliphatic heterocycles. The maximum Gasteiger partial charge on any atom is 0.147 e. The van der Waals surface area contributed by atoms with Crippen LogP contribution in [-0.4, -0.2) is 27.6 Å². The topological polar surface area (TPSA) is 27.7 Å². The van der Waals surface area contributed by atoms with E-state index in [0.717, 1.165) is 5.56 Å². The van der Waals surface area contributed by atoms with Gasteiger partial charge in [0.2, 0.25) is 0 Å². The molecule has 0 bridgehead atoms. The molecule has 0 fully saturated rings. The van der Waals surface area contributed by atoms with Crippen molar-refractivity contribution in [3.63, 3.8) is 0 Å². The van der Waals surface area contributed by atoms with Crippen molar-refractivity contribution >= 4 is 0 Å². The molecule has 3 heteroatoms. The van der Waals surface area contributed by atoms with E-state index >= 15 is 0 Å². The third-order valence-corrected chi connectivity index (χ3v) is 1.88. The first kappa shape index (κ1) is 11.2. The zero-order valence-electron chi connectivity index (χ0n) is 8.60. The summed E-state index contributed by atoms with van der Waals surface area (Å²) in [6, 6.07) is 9.96. The monoisotopic (exact) mass is 196 g/mol. The lowest BCUT2D eigenvalue weighted by Gasteiger charge is -2.16. The molecule has 1 atom stereocenters. The molecule has 0 unspecified atom stereocenters. The highest BCUT2D eigenvalue weighted by Gasteiger charge is 2.10. The highest BCUT2D eigenvalue weighted by atomic mass is 16.7. The van der Waals surface area contributed by atoms with Crippen LogP contribution in [0.1, 0.15) is 11.7 Å². The van der Waals surface area contributed by atoms with E-state index in [9.17, 15) is 0 Å². The summed E-state index contributed by atoms with van der Waals surface area (Å²) in [5, 5.41) is 0. The van der Waals surface area contributed by atoms with Crippen molar-refractivity contribution in [2.24, 2.45) is 0 Å². The molecule has 78 valence electrons. The van der Waals surface area contributed by atoms with Crippen molar-refractivity contribution < 1.29 is 14.2 Å². The Balaban J connectivity index is 2.58. The summed E-state index contributed by atoms with van der Waals surface area (Å²) in [4.78, 5) is 0. The highest BCUT2D eigenvalue weighted by molar-refractivity contribution is 5.17. The number of benzene rings is 1. The van der Waals surface area contributed by atoms with E-state index in [2.05, 4.69) is 0 Å². The van der Waals surface area contributed by atoms with Crippen LogP contribution in [0.4, 0.5) is 0 Å². The lowest BCUT2D eigenvalue weighted by atomic mass is 10.1. The SMILES string of the molecule is COCO[C@@H](COC)c1ccccc1. The summed E-state index contributed by atoms with van der Waals surface area (Å²) in [7, 11) is 3.26. The third kappa shape index (κ3) is 3.46. The summed E-state index contributed by atoms with van der Waals surface area (Å²) in [5.41, 5.74) is 1.10.